The van der Waals surface area contributed by atoms with E-state index in [1.165, 1.54) is 0 Å². The molecule has 27 heavy (non-hydrogen) atoms. The molecule has 2 N–H and O–H groups in total. The van der Waals surface area contributed by atoms with Gasteiger partial charge in [-0.15, -0.1) is 0 Å². The molecular formula is C22H27ClN2O2. The van der Waals surface area contributed by atoms with Gasteiger partial charge in [0, 0.05) is 23.4 Å². The average molecular weight is 387 g/mol. The number of carbonyl (C=O) groups is 2. The third-order valence-electron chi connectivity index (χ3n) is 4.21. The van der Waals surface area contributed by atoms with Gasteiger partial charge in [0.2, 0.25) is 11.8 Å². The van der Waals surface area contributed by atoms with E-state index in [-0.39, 0.29) is 24.3 Å². The zero-order chi connectivity index (χ0) is 19.9. The maximum atomic E-state index is 12.4. The van der Waals surface area contributed by atoms with Gasteiger partial charge in [0.1, 0.15) is 0 Å². The van der Waals surface area contributed by atoms with E-state index in [0.29, 0.717) is 18.0 Å². The first kappa shape index (κ1) is 21.0. The van der Waals surface area contributed by atoms with Crippen LogP contribution in [-0.4, -0.2) is 18.4 Å². The third kappa shape index (κ3) is 7.06. The molecule has 2 amide bonds. The van der Waals surface area contributed by atoms with Crippen molar-refractivity contribution >= 4 is 23.4 Å². The standard InChI is InChI=1S/C22H27ClN2O2/c1-22(2,3)21(27)24-14-13-20(26)25-19(17-7-5-4-6-8-17)15-16-9-11-18(23)12-10-16/h4-12,19H,13-15H2,1-3H3,(H,24,27)(H,25,26). The largest absolute Gasteiger partial charge is 0.355 e. The van der Waals surface area contributed by atoms with Gasteiger partial charge >= 0.3 is 0 Å². The monoisotopic (exact) mass is 386 g/mol. The fourth-order valence-electron chi connectivity index (χ4n) is 2.61. The molecule has 2 aromatic rings. The number of nitrogens with one attached hydrogen (secondary N) is 2. The SMILES string of the molecule is CC(C)(C)C(=O)NCCC(=O)NC(Cc1ccc(Cl)cc1)c1ccccc1. The topological polar surface area (TPSA) is 58.2 Å². The molecule has 0 aliphatic heterocycles. The predicted molar refractivity (Wildman–Crippen MR) is 110 cm³/mol. The van der Waals surface area contributed by atoms with Gasteiger partial charge in [0.15, 0.2) is 0 Å². The van der Waals surface area contributed by atoms with E-state index < -0.39 is 5.41 Å². The van der Waals surface area contributed by atoms with Crippen molar-refractivity contribution in [1.82, 2.24) is 10.6 Å². The van der Waals surface area contributed by atoms with E-state index in [1.54, 1.807) is 0 Å². The van der Waals surface area contributed by atoms with E-state index in [0.717, 1.165) is 11.1 Å². The Balaban J connectivity index is 1.98. The summed E-state index contributed by atoms with van der Waals surface area (Å²) in [7, 11) is 0. The van der Waals surface area contributed by atoms with Gasteiger partial charge in [-0.05, 0) is 29.7 Å². The Morgan fingerprint density at radius 2 is 1.63 bits per heavy atom. The van der Waals surface area contributed by atoms with Crippen molar-refractivity contribution in [2.45, 2.75) is 39.7 Å². The molecule has 0 aromatic heterocycles. The van der Waals surface area contributed by atoms with Gasteiger partial charge < -0.3 is 10.6 Å². The molecule has 0 heterocycles. The highest BCUT2D eigenvalue weighted by molar-refractivity contribution is 6.30. The van der Waals surface area contributed by atoms with E-state index in [1.807, 2.05) is 75.4 Å². The van der Waals surface area contributed by atoms with Crippen LogP contribution in [0.4, 0.5) is 0 Å². The fraction of sp³-hybridized carbons (Fsp3) is 0.364. The van der Waals surface area contributed by atoms with Gasteiger partial charge in [-0.1, -0.05) is 74.8 Å². The maximum Gasteiger partial charge on any atom is 0.225 e. The highest BCUT2D eigenvalue weighted by Crippen LogP contribution is 2.20. The van der Waals surface area contributed by atoms with Gasteiger partial charge in [0.25, 0.3) is 0 Å². The van der Waals surface area contributed by atoms with Crippen LogP contribution >= 0.6 is 11.6 Å². The van der Waals surface area contributed by atoms with Crippen molar-refractivity contribution in [3.8, 4) is 0 Å². The lowest BCUT2D eigenvalue weighted by Gasteiger charge is -2.21. The molecule has 0 bridgehead atoms. The summed E-state index contributed by atoms with van der Waals surface area (Å²) >= 11 is 5.96. The Morgan fingerprint density at radius 1 is 1.00 bits per heavy atom. The normalized spacial score (nSPS) is 12.3. The molecule has 1 unspecified atom stereocenters. The molecule has 0 saturated carbocycles. The van der Waals surface area contributed by atoms with Crippen molar-refractivity contribution < 1.29 is 9.59 Å². The Labute approximate surface area is 166 Å². The molecule has 2 aromatic carbocycles. The van der Waals surface area contributed by atoms with Crippen LogP contribution in [0.5, 0.6) is 0 Å². The second kappa shape index (κ2) is 9.56. The molecule has 1 atom stereocenters. The molecule has 0 fully saturated rings. The van der Waals surface area contributed by atoms with Crippen LogP contribution < -0.4 is 10.6 Å². The van der Waals surface area contributed by atoms with Crippen molar-refractivity contribution in [2.75, 3.05) is 6.54 Å². The van der Waals surface area contributed by atoms with Crippen molar-refractivity contribution in [3.05, 3.63) is 70.7 Å². The third-order valence-corrected chi connectivity index (χ3v) is 4.46. The molecule has 0 spiro atoms. The van der Waals surface area contributed by atoms with Crippen LogP contribution in [0.1, 0.15) is 44.4 Å². The van der Waals surface area contributed by atoms with Crippen LogP contribution in [-0.2, 0) is 16.0 Å². The summed E-state index contributed by atoms with van der Waals surface area (Å²) in [5.74, 6) is -0.150. The maximum absolute atomic E-state index is 12.4. The number of halogens is 1. The molecule has 0 radical (unpaired) electrons. The number of amides is 2. The lowest BCUT2D eigenvalue weighted by atomic mass is 9.96. The number of benzene rings is 2. The first-order valence-electron chi connectivity index (χ1n) is 9.13. The minimum atomic E-state index is -0.461. The van der Waals surface area contributed by atoms with Crippen molar-refractivity contribution in [3.63, 3.8) is 0 Å². The Morgan fingerprint density at radius 3 is 2.22 bits per heavy atom. The summed E-state index contributed by atoms with van der Waals surface area (Å²) in [6.45, 7) is 5.87. The predicted octanol–water partition coefficient (Wildman–Crippen LogP) is 4.29. The molecule has 4 nitrogen and oxygen atoms in total. The van der Waals surface area contributed by atoms with Crippen LogP contribution in [0, 0.1) is 5.41 Å². The molecule has 144 valence electrons. The average Bonchev–Trinajstić information content (AvgIpc) is 2.63. The summed E-state index contributed by atoms with van der Waals surface area (Å²) in [4.78, 5) is 24.3. The molecular weight excluding hydrogens is 360 g/mol. The van der Waals surface area contributed by atoms with Crippen molar-refractivity contribution in [2.24, 2.45) is 5.41 Å². The van der Waals surface area contributed by atoms with E-state index in [2.05, 4.69) is 10.6 Å². The van der Waals surface area contributed by atoms with Crippen LogP contribution in [0.15, 0.2) is 54.6 Å². The second-order valence-corrected chi connectivity index (χ2v) is 8.05. The number of hydrogen-bond donors (Lipinski definition) is 2. The number of hydrogen-bond acceptors (Lipinski definition) is 2. The summed E-state index contributed by atoms with van der Waals surface area (Å²) in [5.41, 5.74) is 1.67. The van der Waals surface area contributed by atoms with Crippen LogP contribution in [0.3, 0.4) is 0 Å². The summed E-state index contributed by atoms with van der Waals surface area (Å²) < 4.78 is 0. The molecule has 0 aliphatic carbocycles. The summed E-state index contributed by atoms with van der Waals surface area (Å²) in [6.07, 6.45) is 0.910. The van der Waals surface area contributed by atoms with Gasteiger partial charge in [0.05, 0.1) is 6.04 Å². The highest BCUT2D eigenvalue weighted by atomic mass is 35.5. The molecule has 0 aliphatic rings. The lowest BCUT2D eigenvalue weighted by Crippen LogP contribution is -2.38. The van der Waals surface area contributed by atoms with E-state index in [9.17, 15) is 9.59 Å². The Kier molecular flexibility index (Phi) is 7.43. The number of carbonyl (C=O) groups excluding carboxylic acids is 2. The Bertz CT molecular complexity index is 752. The van der Waals surface area contributed by atoms with Gasteiger partial charge in [-0.25, -0.2) is 0 Å². The smallest absolute Gasteiger partial charge is 0.225 e. The second-order valence-electron chi connectivity index (χ2n) is 7.62. The summed E-state index contributed by atoms with van der Waals surface area (Å²) in [5, 5.41) is 6.58. The number of rotatable bonds is 7. The minimum absolute atomic E-state index is 0.0592. The quantitative estimate of drug-likeness (QED) is 0.745. The fourth-order valence-corrected chi connectivity index (χ4v) is 2.74. The zero-order valence-electron chi connectivity index (χ0n) is 16.1. The molecule has 2 rings (SSSR count). The minimum Gasteiger partial charge on any atom is -0.355 e. The van der Waals surface area contributed by atoms with Crippen LogP contribution in [0.2, 0.25) is 5.02 Å². The molecule has 0 saturated heterocycles. The molecule has 5 heteroatoms. The highest BCUT2D eigenvalue weighted by Gasteiger charge is 2.21. The zero-order valence-corrected chi connectivity index (χ0v) is 16.8. The van der Waals surface area contributed by atoms with Gasteiger partial charge in [-0.3, -0.25) is 9.59 Å². The summed E-state index contributed by atoms with van der Waals surface area (Å²) in [6, 6.07) is 17.4. The van der Waals surface area contributed by atoms with E-state index in [4.69, 9.17) is 11.6 Å². The van der Waals surface area contributed by atoms with E-state index >= 15 is 0 Å². The van der Waals surface area contributed by atoms with Crippen molar-refractivity contribution in [1.29, 1.82) is 0 Å². The van der Waals surface area contributed by atoms with Crippen LogP contribution in [0.25, 0.3) is 0 Å². The first-order chi connectivity index (χ1) is 12.8. The van der Waals surface area contributed by atoms with Gasteiger partial charge in [-0.2, -0.15) is 0 Å². The first-order valence-corrected chi connectivity index (χ1v) is 9.50. The lowest BCUT2D eigenvalue weighted by molar-refractivity contribution is -0.128. The Hall–Kier alpha value is -2.33.